The number of aryl methyl sites for hydroxylation is 1. The van der Waals surface area contributed by atoms with Crippen molar-refractivity contribution in [3.63, 3.8) is 0 Å². The largest absolute Gasteiger partial charge is 0.360 e. The third-order valence-electron chi connectivity index (χ3n) is 3.42. The number of nitrogens with one attached hydrogen (secondary N) is 2. The van der Waals surface area contributed by atoms with Crippen molar-refractivity contribution in [3.8, 4) is 0 Å². The van der Waals surface area contributed by atoms with Crippen molar-refractivity contribution in [3.05, 3.63) is 36.1 Å². The van der Waals surface area contributed by atoms with Gasteiger partial charge in [-0.15, -0.1) is 11.8 Å². The molecule has 134 valence electrons. The molecule has 0 saturated carbocycles. The van der Waals surface area contributed by atoms with Gasteiger partial charge in [0.1, 0.15) is 5.76 Å². The normalized spacial score (nSPS) is 11.8. The van der Waals surface area contributed by atoms with Gasteiger partial charge in [0.15, 0.2) is 5.82 Å². The molecule has 0 radical (unpaired) electrons. The summed E-state index contributed by atoms with van der Waals surface area (Å²) in [5, 5.41) is 9.15. The number of aromatic nitrogens is 1. The molecule has 1 unspecified atom stereocenters. The predicted molar refractivity (Wildman–Crippen MR) is 99.8 cm³/mol. The van der Waals surface area contributed by atoms with Crippen LogP contribution in [0.5, 0.6) is 0 Å². The van der Waals surface area contributed by atoms with Crippen LogP contribution in [-0.4, -0.2) is 22.2 Å². The van der Waals surface area contributed by atoms with Crippen LogP contribution in [0.15, 0.2) is 39.8 Å². The molecule has 2 amide bonds. The molecular formula is C18H23N3O3S. The molecular weight excluding hydrogens is 338 g/mol. The standard InChI is InChI=1S/C18H23N3O3S/c1-4-7-17(22)19-13-8-6-9-14(11-13)25-15(5-2)18(23)20-16-10-12(3)24-21-16/h6,8-11,15H,4-5,7H2,1-3H3,(H,19,22)(H,20,21,23). The zero-order valence-corrected chi connectivity index (χ0v) is 15.5. The SMILES string of the molecule is CCCC(=O)Nc1cccc(SC(CC)C(=O)Nc2cc(C)on2)c1. The summed E-state index contributed by atoms with van der Waals surface area (Å²) in [6, 6.07) is 9.20. The lowest BCUT2D eigenvalue weighted by molar-refractivity contribution is -0.116. The van der Waals surface area contributed by atoms with Gasteiger partial charge >= 0.3 is 0 Å². The number of hydrogen-bond acceptors (Lipinski definition) is 5. The molecule has 0 spiro atoms. The van der Waals surface area contributed by atoms with Crippen LogP contribution < -0.4 is 10.6 Å². The lowest BCUT2D eigenvalue weighted by Gasteiger charge is -2.14. The average Bonchev–Trinajstić information content (AvgIpc) is 2.98. The number of hydrogen-bond donors (Lipinski definition) is 2. The Labute approximate surface area is 151 Å². The van der Waals surface area contributed by atoms with Crippen LogP contribution in [0.3, 0.4) is 0 Å². The molecule has 1 aromatic carbocycles. The Hall–Kier alpha value is -2.28. The molecule has 0 aliphatic heterocycles. The Morgan fingerprint density at radius 1 is 1.24 bits per heavy atom. The number of nitrogens with zero attached hydrogens (tertiary/aromatic N) is 1. The van der Waals surface area contributed by atoms with Gasteiger partial charge in [-0.1, -0.05) is 25.1 Å². The van der Waals surface area contributed by atoms with Gasteiger partial charge in [-0.25, -0.2) is 0 Å². The summed E-state index contributed by atoms with van der Waals surface area (Å²) in [5.41, 5.74) is 0.742. The van der Waals surface area contributed by atoms with E-state index in [-0.39, 0.29) is 17.1 Å². The van der Waals surface area contributed by atoms with E-state index in [0.29, 0.717) is 24.4 Å². The van der Waals surface area contributed by atoms with Gasteiger partial charge in [-0.05, 0) is 38.0 Å². The van der Waals surface area contributed by atoms with Gasteiger partial charge in [0.2, 0.25) is 11.8 Å². The number of benzene rings is 1. The minimum absolute atomic E-state index is 0.00386. The molecule has 1 heterocycles. The van der Waals surface area contributed by atoms with E-state index in [2.05, 4.69) is 15.8 Å². The van der Waals surface area contributed by atoms with E-state index in [1.165, 1.54) is 11.8 Å². The van der Waals surface area contributed by atoms with Crippen molar-refractivity contribution in [1.29, 1.82) is 0 Å². The number of carbonyl (C=O) groups is 2. The summed E-state index contributed by atoms with van der Waals surface area (Å²) >= 11 is 1.46. The molecule has 7 heteroatoms. The van der Waals surface area contributed by atoms with Crippen molar-refractivity contribution in [2.45, 2.75) is 50.2 Å². The van der Waals surface area contributed by atoms with Crippen LogP contribution in [0.2, 0.25) is 0 Å². The highest BCUT2D eigenvalue weighted by Crippen LogP contribution is 2.28. The Morgan fingerprint density at radius 3 is 2.68 bits per heavy atom. The highest BCUT2D eigenvalue weighted by molar-refractivity contribution is 8.00. The molecule has 2 aromatic rings. The lowest BCUT2D eigenvalue weighted by Crippen LogP contribution is -2.24. The minimum Gasteiger partial charge on any atom is -0.360 e. The first-order valence-electron chi connectivity index (χ1n) is 8.32. The second kappa shape index (κ2) is 9.27. The van der Waals surface area contributed by atoms with E-state index >= 15 is 0 Å². The number of anilines is 2. The van der Waals surface area contributed by atoms with Crippen LogP contribution >= 0.6 is 11.8 Å². The molecule has 25 heavy (non-hydrogen) atoms. The van der Waals surface area contributed by atoms with Gasteiger partial charge in [0, 0.05) is 23.1 Å². The van der Waals surface area contributed by atoms with E-state index in [1.807, 2.05) is 38.1 Å². The Morgan fingerprint density at radius 2 is 2.04 bits per heavy atom. The third-order valence-corrected chi connectivity index (χ3v) is 4.77. The summed E-state index contributed by atoms with van der Waals surface area (Å²) in [7, 11) is 0. The number of rotatable bonds is 8. The quantitative estimate of drug-likeness (QED) is 0.687. The Bertz CT molecular complexity index is 730. The van der Waals surface area contributed by atoms with Gasteiger partial charge < -0.3 is 15.2 Å². The summed E-state index contributed by atoms with van der Waals surface area (Å²) in [6.45, 7) is 5.69. The van der Waals surface area contributed by atoms with Crippen LogP contribution in [0.25, 0.3) is 0 Å². The summed E-state index contributed by atoms with van der Waals surface area (Å²) in [4.78, 5) is 25.1. The number of thioether (sulfide) groups is 1. The second-order valence-corrected chi connectivity index (χ2v) is 6.93. The van der Waals surface area contributed by atoms with Crippen molar-refractivity contribution in [1.82, 2.24) is 5.16 Å². The maximum Gasteiger partial charge on any atom is 0.239 e. The fourth-order valence-electron chi connectivity index (χ4n) is 2.22. The number of carbonyl (C=O) groups excluding carboxylic acids is 2. The Kier molecular flexibility index (Phi) is 7.06. The first-order valence-corrected chi connectivity index (χ1v) is 9.20. The van der Waals surface area contributed by atoms with Crippen LogP contribution in [0.1, 0.15) is 38.9 Å². The van der Waals surface area contributed by atoms with Gasteiger partial charge in [-0.3, -0.25) is 9.59 Å². The fraction of sp³-hybridized carbons (Fsp3) is 0.389. The highest BCUT2D eigenvalue weighted by Gasteiger charge is 2.19. The summed E-state index contributed by atoms with van der Waals surface area (Å²) in [5.74, 6) is 0.936. The van der Waals surface area contributed by atoms with Crippen molar-refractivity contribution in [2.24, 2.45) is 0 Å². The molecule has 2 N–H and O–H groups in total. The molecule has 1 aromatic heterocycles. The minimum atomic E-state index is -0.265. The third kappa shape index (κ3) is 5.94. The molecule has 6 nitrogen and oxygen atoms in total. The molecule has 2 rings (SSSR count). The van der Waals surface area contributed by atoms with Crippen molar-refractivity contribution >= 4 is 35.1 Å². The van der Waals surface area contributed by atoms with Gasteiger partial charge in [0.05, 0.1) is 5.25 Å². The Balaban J connectivity index is 2.00. The molecule has 0 fully saturated rings. The van der Waals surface area contributed by atoms with Gasteiger partial charge in [0.25, 0.3) is 0 Å². The smallest absolute Gasteiger partial charge is 0.239 e. The van der Waals surface area contributed by atoms with Crippen LogP contribution in [-0.2, 0) is 9.59 Å². The average molecular weight is 361 g/mol. The maximum absolute atomic E-state index is 12.4. The molecule has 1 atom stereocenters. The molecule has 0 aliphatic rings. The van der Waals surface area contributed by atoms with Gasteiger partial charge in [-0.2, -0.15) is 0 Å². The highest BCUT2D eigenvalue weighted by atomic mass is 32.2. The van der Waals surface area contributed by atoms with E-state index in [9.17, 15) is 9.59 Å². The fourth-order valence-corrected chi connectivity index (χ4v) is 3.23. The van der Waals surface area contributed by atoms with E-state index < -0.39 is 0 Å². The van der Waals surface area contributed by atoms with E-state index in [1.54, 1.807) is 13.0 Å². The van der Waals surface area contributed by atoms with Crippen LogP contribution in [0.4, 0.5) is 11.5 Å². The first-order chi connectivity index (χ1) is 12.0. The summed E-state index contributed by atoms with van der Waals surface area (Å²) < 4.78 is 4.96. The lowest BCUT2D eigenvalue weighted by atomic mass is 10.3. The predicted octanol–water partition coefficient (Wildman–Crippen LogP) is 4.23. The summed E-state index contributed by atoms with van der Waals surface area (Å²) in [6.07, 6.45) is 1.97. The molecule has 0 bridgehead atoms. The van der Waals surface area contributed by atoms with Crippen molar-refractivity contribution in [2.75, 3.05) is 10.6 Å². The van der Waals surface area contributed by atoms with Crippen LogP contribution in [0, 0.1) is 6.92 Å². The number of amides is 2. The second-order valence-electron chi connectivity index (χ2n) is 5.65. The first kappa shape index (κ1) is 19.1. The van der Waals surface area contributed by atoms with E-state index in [4.69, 9.17) is 4.52 Å². The monoisotopic (exact) mass is 361 g/mol. The molecule has 0 saturated heterocycles. The zero-order chi connectivity index (χ0) is 18.2. The van der Waals surface area contributed by atoms with Crippen molar-refractivity contribution < 1.29 is 14.1 Å². The molecule has 0 aliphatic carbocycles. The zero-order valence-electron chi connectivity index (χ0n) is 14.7. The topological polar surface area (TPSA) is 84.2 Å². The maximum atomic E-state index is 12.4. The van der Waals surface area contributed by atoms with E-state index in [0.717, 1.165) is 17.0 Å².